The number of allylic oxidation sites excluding steroid dienone is 2. The molecule has 3 aromatic rings. The lowest BCUT2D eigenvalue weighted by atomic mass is 9.85. The van der Waals surface area contributed by atoms with Crippen LogP contribution in [0.2, 0.25) is 0 Å². The maximum absolute atomic E-state index is 13.5. The van der Waals surface area contributed by atoms with Gasteiger partial charge >= 0.3 is 0 Å². The van der Waals surface area contributed by atoms with Gasteiger partial charge in [-0.3, -0.25) is 14.4 Å². The van der Waals surface area contributed by atoms with Crippen molar-refractivity contribution in [3.05, 3.63) is 94.6 Å². The molecule has 1 aliphatic rings. The van der Waals surface area contributed by atoms with Crippen molar-refractivity contribution in [3.8, 4) is 11.8 Å². The van der Waals surface area contributed by atoms with Gasteiger partial charge in [-0.1, -0.05) is 11.8 Å². The number of carbonyl (C=O) groups is 3. The Bertz CT molecular complexity index is 1520. The fourth-order valence-corrected chi connectivity index (χ4v) is 5.13. The van der Waals surface area contributed by atoms with Crippen LogP contribution in [-0.2, 0) is 14.4 Å². The molecule has 2 aromatic carbocycles. The van der Waals surface area contributed by atoms with E-state index in [1.165, 1.54) is 13.2 Å². The number of nitriles is 1. The number of nitrogens with one attached hydrogen (secondary N) is 4. The van der Waals surface area contributed by atoms with Crippen LogP contribution in [0, 0.1) is 11.3 Å². The molecule has 11 heteroatoms. The summed E-state index contributed by atoms with van der Waals surface area (Å²) < 4.78 is 11.1. The van der Waals surface area contributed by atoms with E-state index in [-0.39, 0.29) is 23.1 Å². The van der Waals surface area contributed by atoms with Crippen LogP contribution in [0.1, 0.15) is 32.4 Å². The van der Waals surface area contributed by atoms with Crippen LogP contribution in [0.4, 0.5) is 17.1 Å². The van der Waals surface area contributed by atoms with Crippen LogP contribution in [0.15, 0.2) is 93.2 Å². The molecule has 10 nitrogen and oxygen atoms in total. The largest absolute Gasteiger partial charge is 0.494 e. The predicted octanol–water partition coefficient (Wildman–Crippen LogP) is 5.34. The highest BCUT2D eigenvalue weighted by Gasteiger charge is 2.36. The Morgan fingerprint density at radius 3 is 2.22 bits per heavy atom. The number of ether oxygens (including phenoxy) is 1. The van der Waals surface area contributed by atoms with E-state index in [9.17, 15) is 19.6 Å². The third kappa shape index (κ3) is 7.38. The molecule has 3 amide bonds. The Morgan fingerprint density at radius 1 is 1.00 bits per heavy atom. The van der Waals surface area contributed by atoms with Crippen LogP contribution >= 0.6 is 11.8 Å². The molecule has 4 N–H and O–H groups in total. The summed E-state index contributed by atoms with van der Waals surface area (Å²) >= 11 is 1.15. The summed E-state index contributed by atoms with van der Waals surface area (Å²) in [7, 11) is 0. The average Bonchev–Trinajstić information content (AvgIpc) is 3.48. The fraction of sp³-hybridized carbons (Fsp3) is 0.200. The predicted molar refractivity (Wildman–Crippen MR) is 158 cm³/mol. The molecule has 1 aromatic heterocycles. The summed E-state index contributed by atoms with van der Waals surface area (Å²) in [6.45, 7) is 5.59. The van der Waals surface area contributed by atoms with Crippen LogP contribution in [-0.4, -0.2) is 30.1 Å². The van der Waals surface area contributed by atoms with Crippen molar-refractivity contribution < 1.29 is 23.5 Å². The van der Waals surface area contributed by atoms with E-state index in [2.05, 4.69) is 27.3 Å². The zero-order valence-electron chi connectivity index (χ0n) is 22.7. The van der Waals surface area contributed by atoms with Crippen LogP contribution in [0.25, 0.3) is 0 Å². The van der Waals surface area contributed by atoms with E-state index in [4.69, 9.17) is 9.15 Å². The molecule has 1 unspecified atom stereocenters. The van der Waals surface area contributed by atoms with Gasteiger partial charge in [-0.25, -0.2) is 0 Å². The lowest BCUT2D eigenvalue weighted by Crippen LogP contribution is -2.31. The topological polar surface area (TPSA) is 145 Å². The molecule has 4 rings (SSSR count). The summed E-state index contributed by atoms with van der Waals surface area (Å²) in [6, 6.07) is 19.4. The van der Waals surface area contributed by atoms with E-state index in [0.717, 1.165) is 11.8 Å². The molecule has 0 saturated carbocycles. The number of benzene rings is 2. The number of hydrogen-bond donors (Lipinski definition) is 4. The monoisotopic (exact) mass is 571 g/mol. The van der Waals surface area contributed by atoms with E-state index >= 15 is 0 Å². The summed E-state index contributed by atoms with van der Waals surface area (Å²) in [6.07, 6.45) is 1.49. The number of dihydropyridines is 1. The van der Waals surface area contributed by atoms with Gasteiger partial charge in [0.15, 0.2) is 0 Å². The Hall–Kier alpha value is -4.95. The van der Waals surface area contributed by atoms with Crippen molar-refractivity contribution in [2.45, 2.75) is 26.7 Å². The molecule has 1 aliphatic heterocycles. The molecular formula is C30H29N5O5S. The molecule has 0 aliphatic carbocycles. The van der Waals surface area contributed by atoms with Crippen molar-refractivity contribution in [2.24, 2.45) is 0 Å². The van der Waals surface area contributed by atoms with E-state index in [1.54, 1.807) is 67.6 Å². The van der Waals surface area contributed by atoms with Crippen molar-refractivity contribution >= 4 is 46.5 Å². The first-order valence-electron chi connectivity index (χ1n) is 12.8. The molecule has 2 heterocycles. The molecule has 0 fully saturated rings. The molecule has 210 valence electrons. The summed E-state index contributed by atoms with van der Waals surface area (Å²) in [5.74, 6) is -0.508. The van der Waals surface area contributed by atoms with E-state index < -0.39 is 11.8 Å². The minimum Gasteiger partial charge on any atom is -0.494 e. The number of furan rings is 1. The van der Waals surface area contributed by atoms with Crippen molar-refractivity contribution in [3.63, 3.8) is 0 Å². The summed E-state index contributed by atoms with van der Waals surface area (Å²) in [5.41, 5.74) is 2.88. The Kier molecular flexibility index (Phi) is 9.50. The molecule has 41 heavy (non-hydrogen) atoms. The van der Waals surface area contributed by atoms with Gasteiger partial charge in [0.05, 0.1) is 46.8 Å². The fourth-order valence-electron chi connectivity index (χ4n) is 4.24. The summed E-state index contributed by atoms with van der Waals surface area (Å²) in [5, 5.41) is 22.2. The maximum Gasteiger partial charge on any atom is 0.254 e. The van der Waals surface area contributed by atoms with Gasteiger partial charge < -0.3 is 30.4 Å². The zero-order chi connectivity index (χ0) is 29.4. The number of nitrogens with zero attached hydrogens (tertiary/aromatic N) is 1. The molecule has 0 saturated heterocycles. The number of hydrogen-bond acceptors (Lipinski definition) is 8. The number of anilines is 3. The van der Waals surface area contributed by atoms with Crippen molar-refractivity contribution in [1.29, 1.82) is 5.26 Å². The molecule has 0 spiro atoms. The highest BCUT2D eigenvalue weighted by atomic mass is 32.2. The Labute approximate surface area is 241 Å². The number of thioether (sulfide) groups is 1. The number of amides is 3. The minimum absolute atomic E-state index is 0.00677. The lowest BCUT2D eigenvalue weighted by molar-refractivity contribution is -0.114. The van der Waals surface area contributed by atoms with Gasteiger partial charge in [-0.15, -0.1) is 0 Å². The minimum atomic E-state index is -0.772. The Morgan fingerprint density at radius 2 is 1.63 bits per heavy atom. The highest BCUT2D eigenvalue weighted by Crippen LogP contribution is 2.41. The average molecular weight is 572 g/mol. The van der Waals surface area contributed by atoms with Gasteiger partial charge in [0.2, 0.25) is 11.8 Å². The van der Waals surface area contributed by atoms with Gasteiger partial charge in [0.25, 0.3) is 5.91 Å². The smallest absolute Gasteiger partial charge is 0.254 e. The normalized spacial score (nSPS) is 14.5. The quantitative estimate of drug-likeness (QED) is 0.255. The van der Waals surface area contributed by atoms with Crippen molar-refractivity contribution in [2.75, 3.05) is 28.3 Å². The third-order valence-corrected chi connectivity index (χ3v) is 7.00. The molecule has 0 bridgehead atoms. The maximum atomic E-state index is 13.5. The van der Waals surface area contributed by atoms with E-state index in [0.29, 0.717) is 51.5 Å². The van der Waals surface area contributed by atoms with Crippen LogP contribution in [0.5, 0.6) is 5.75 Å². The van der Waals surface area contributed by atoms with E-state index in [1.807, 2.05) is 6.92 Å². The zero-order valence-corrected chi connectivity index (χ0v) is 23.6. The number of rotatable bonds is 10. The first-order valence-corrected chi connectivity index (χ1v) is 13.8. The standard InChI is InChI=1S/C30H29N5O5S/c1-4-39-23-13-11-22(12-14-23)35-29(38)27-18(2)32-30(24(16-31)28(27)25-6-5-15-40-25)41-17-26(37)34-21-9-7-20(8-10-21)33-19(3)36/h5-15,28,32H,4,17H2,1-3H3,(H,33,36)(H,34,37)(H,35,38). The second kappa shape index (κ2) is 13.4. The third-order valence-electron chi connectivity index (χ3n) is 5.98. The Balaban J connectivity index is 1.50. The first-order chi connectivity index (χ1) is 19.8. The number of carbonyl (C=O) groups excluding carboxylic acids is 3. The van der Waals surface area contributed by atoms with Gasteiger partial charge in [-0.2, -0.15) is 5.26 Å². The molecule has 1 atom stereocenters. The van der Waals surface area contributed by atoms with Gasteiger partial charge in [0.1, 0.15) is 11.5 Å². The first kappa shape index (κ1) is 29.0. The van der Waals surface area contributed by atoms with Gasteiger partial charge in [0, 0.05) is 29.7 Å². The lowest BCUT2D eigenvalue weighted by Gasteiger charge is -2.28. The second-order valence-electron chi connectivity index (χ2n) is 8.97. The SMILES string of the molecule is CCOc1ccc(NC(=O)C2=C(C)NC(SCC(=O)Nc3ccc(NC(C)=O)cc3)=C(C#N)C2c2ccco2)cc1. The van der Waals surface area contributed by atoms with Crippen LogP contribution < -0.4 is 26.0 Å². The molecular weight excluding hydrogens is 542 g/mol. The van der Waals surface area contributed by atoms with Crippen molar-refractivity contribution in [1.82, 2.24) is 5.32 Å². The van der Waals surface area contributed by atoms with Gasteiger partial charge in [-0.05, 0) is 74.5 Å². The summed E-state index contributed by atoms with van der Waals surface area (Å²) in [4.78, 5) is 37.4. The van der Waals surface area contributed by atoms with Crippen LogP contribution in [0.3, 0.4) is 0 Å². The molecule has 0 radical (unpaired) electrons. The second-order valence-corrected chi connectivity index (χ2v) is 9.96. The highest BCUT2D eigenvalue weighted by molar-refractivity contribution is 8.03.